The molecule has 0 N–H and O–H groups in total. The molecule has 0 aliphatic heterocycles. The molecule has 0 saturated carbocycles. The van der Waals surface area contributed by atoms with Gasteiger partial charge < -0.3 is 4.74 Å². The van der Waals surface area contributed by atoms with Gasteiger partial charge in [0.1, 0.15) is 0 Å². The molecule has 3 aromatic carbocycles. The summed E-state index contributed by atoms with van der Waals surface area (Å²) in [7, 11) is 0. The highest BCUT2D eigenvalue weighted by molar-refractivity contribution is 6.31. The highest BCUT2D eigenvalue weighted by atomic mass is 35.5. The Balaban J connectivity index is 2.25. The summed E-state index contributed by atoms with van der Waals surface area (Å²) in [5.74, 6) is -0.232. The normalized spacial score (nSPS) is 11.2. The number of benzene rings is 3. The molecule has 0 fully saturated rings. The Hall–Kier alpha value is -2.58. The van der Waals surface area contributed by atoms with Crippen molar-refractivity contribution in [2.45, 2.75) is 31.8 Å². The van der Waals surface area contributed by atoms with E-state index in [1.807, 2.05) is 84.9 Å². The number of ether oxygens (including phenoxy) is 1. The van der Waals surface area contributed by atoms with Gasteiger partial charge in [0.15, 0.2) is 5.60 Å². The zero-order valence-electron chi connectivity index (χ0n) is 15.4. The van der Waals surface area contributed by atoms with Gasteiger partial charge in [-0.05, 0) is 12.5 Å². The van der Waals surface area contributed by atoms with Crippen molar-refractivity contribution in [3.63, 3.8) is 0 Å². The summed E-state index contributed by atoms with van der Waals surface area (Å²) >= 11 is 6.60. The number of unbranched alkanes of at least 4 members (excludes halogenated alkanes) is 1. The van der Waals surface area contributed by atoms with Crippen molar-refractivity contribution in [1.82, 2.24) is 0 Å². The van der Waals surface area contributed by atoms with Crippen LogP contribution in [-0.4, -0.2) is 5.97 Å². The first-order valence-corrected chi connectivity index (χ1v) is 9.64. The van der Waals surface area contributed by atoms with Crippen molar-refractivity contribution in [2.75, 3.05) is 0 Å². The molecule has 0 aromatic heterocycles. The molecule has 0 spiro atoms. The number of halogens is 1. The van der Waals surface area contributed by atoms with Crippen molar-refractivity contribution >= 4 is 17.6 Å². The Kier molecular flexibility index (Phi) is 6.31. The minimum Gasteiger partial charge on any atom is -0.444 e. The molecule has 0 bridgehead atoms. The predicted molar refractivity (Wildman–Crippen MR) is 110 cm³/mol. The van der Waals surface area contributed by atoms with E-state index in [-0.39, 0.29) is 5.97 Å². The largest absolute Gasteiger partial charge is 0.444 e. The second-order valence-corrected chi connectivity index (χ2v) is 6.88. The van der Waals surface area contributed by atoms with E-state index in [9.17, 15) is 4.79 Å². The Bertz CT molecular complexity index is 836. The zero-order chi connectivity index (χ0) is 19.1. The monoisotopic (exact) mass is 378 g/mol. The van der Waals surface area contributed by atoms with Gasteiger partial charge in [-0.1, -0.05) is 104 Å². The minimum atomic E-state index is -1.09. The third-order valence-corrected chi connectivity index (χ3v) is 4.94. The molecule has 138 valence electrons. The quantitative estimate of drug-likeness (QED) is 0.353. The highest BCUT2D eigenvalue weighted by Gasteiger charge is 2.41. The zero-order valence-corrected chi connectivity index (χ0v) is 16.2. The lowest BCUT2D eigenvalue weighted by molar-refractivity contribution is -0.153. The summed E-state index contributed by atoms with van der Waals surface area (Å²) in [6.45, 7) is 2.06. The molecular weight excluding hydrogens is 356 g/mol. The maximum absolute atomic E-state index is 12.8. The standard InChI is InChI=1S/C24H23ClO2/c1-2-3-18-23(26)27-24(19-12-6-4-7-13-19,20-14-8-5-9-15-20)21-16-10-11-17-22(21)25/h4-17H,2-3,18H2,1H3. The van der Waals surface area contributed by atoms with Crippen LogP contribution in [0.5, 0.6) is 0 Å². The van der Waals surface area contributed by atoms with E-state index >= 15 is 0 Å². The second-order valence-electron chi connectivity index (χ2n) is 6.47. The van der Waals surface area contributed by atoms with E-state index in [4.69, 9.17) is 16.3 Å². The van der Waals surface area contributed by atoms with E-state index in [0.717, 1.165) is 29.5 Å². The first-order valence-electron chi connectivity index (χ1n) is 9.26. The molecule has 0 aliphatic carbocycles. The SMILES string of the molecule is CCCCC(=O)OC(c1ccccc1)(c1ccccc1)c1ccccc1Cl. The molecule has 0 heterocycles. The average molecular weight is 379 g/mol. The molecular formula is C24H23ClO2. The maximum atomic E-state index is 12.8. The van der Waals surface area contributed by atoms with Crippen LogP contribution in [0.1, 0.15) is 42.9 Å². The Labute approximate surface area is 165 Å². The average Bonchev–Trinajstić information content (AvgIpc) is 2.72. The fourth-order valence-electron chi connectivity index (χ4n) is 3.29. The van der Waals surface area contributed by atoms with E-state index in [1.54, 1.807) is 0 Å². The molecule has 0 amide bonds. The van der Waals surface area contributed by atoms with Crippen LogP contribution in [0.3, 0.4) is 0 Å². The lowest BCUT2D eigenvalue weighted by atomic mass is 9.80. The van der Waals surface area contributed by atoms with E-state index in [0.29, 0.717) is 11.4 Å². The van der Waals surface area contributed by atoms with Crippen molar-refractivity contribution in [2.24, 2.45) is 0 Å². The van der Waals surface area contributed by atoms with Crippen LogP contribution in [0.15, 0.2) is 84.9 Å². The van der Waals surface area contributed by atoms with E-state index in [1.165, 1.54) is 0 Å². The van der Waals surface area contributed by atoms with E-state index < -0.39 is 5.60 Å². The molecule has 0 atom stereocenters. The lowest BCUT2D eigenvalue weighted by Gasteiger charge is -2.36. The van der Waals surface area contributed by atoms with Gasteiger partial charge in [0.05, 0.1) is 0 Å². The van der Waals surface area contributed by atoms with Crippen molar-refractivity contribution in [1.29, 1.82) is 0 Å². The summed E-state index contributed by atoms with van der Waals surface area (Å²) in [6.07, 6.45) is 2.11. The first-order chi connectivity index (χ1) is 13.2. The number of carbonyl (C=O) groups excluding carboxylic acids is 1. The van der Waals surface area contributed by atoms with Gasteiger partial charge in [-0.2, -0.15) is 0 Å². The van der Waals surface area contributed by atoms with Gasteiger partial charge in [-0.25, -0.2) is 0 Å². The molecule has 3 rings (SSSR count). The van der Waals surface area contributed by atoms with Crippen molar-refractivity contribution < 1.29 is 9.53 Å². The van der Waals surface area contributed by atoms with Gasteiger partial charge in [-0.3, -0.25) is 4.79 Å². The second kappa shape index (κ2) is 8.88. The summed E-state index contributed by atoms with van der Waals surface area (Å²) in [5.41, 5.74) is 1.41. The Morgan fingerprint density at radius 2 is 1.37 bits per heavy atom. The van der Waals surface area contributed by atoms with Crippen molar-refractivity contribution in [3.8, 4) is 0 Å². The smallest absolute Gasteiger partial charge is 0.307 e. The van der Waals surface area contributed by atoms with Gasteiger partial charge in [0.25, 0.3) is 0 Å². The van der Waals surface area contributed by atoms with E-state index in [2.05, 4.69) is 6.92 Å². The fraction of sp³-hybridized carbons (Fsp3) is 0.208. The third-order valence-electron chi connectivity index (χ3n) is 4.62. The molecule has 0 saturated heterocycles. The van der Waals surface area contributed by atoms with Gasteiger partial charge in [0, 0.05) is 28.1 Å². The summed E-state index contributed by atoms with van der Waals surface area (Å²) < 4.78 is 6.26. The number of hydrogen-bond donors (Lipinski definition) is 0. The summed E-state index contributed by atoms with van der Waals surface area (Å²) in [4.78, 5) is 12.8. The predicted octanol–water partition coefficient (Wildman–Crippen LogP) is 6.37. The molecule has 27 heavy (non-hydrogen) atoms. The number of hydrogen-bond acceptors (Lipinski definition) is 2. The number of esters is 1. The van der Waals surface area contributed by atoms with Crippen LogP contribution in [-0.2, 0) is 15.1 Å². The maximum Gasteiger partial charge on any atom is 0.307 e. The third kappa shape index (κ3) is 4.06. The number of rotatable bonds is 7. The topological polar surface area (TPSA) is 26.3 Å². The molecule has 3 heteroatoms. The van der Waals surface area contributed by atoms with Crippen LogP contribution in [0.4, 0.5) is 0 Å². The first kappa shape index (κ1) is 19.2. The fourth-order valence-corrected chi connectivity index (χ4v) is 3.55. The van der Waals surface area contributed by atoms with Gasteiger partial charge in [0.2, 0.25) is 0 Å². The summed E-state index contributed by atoms with van der Waals surface area (Å²) in [5, 5.41) is 0.563. The lowest BCUT2D eigenvalue weighted by Crippen LogP contribution is -2.35. The molecule has 0 aliphatic rings. The molecule has 0 unspecified atom stereocenters. The number of carbonyl (C=O) groups is 1. The molecule has 0 radical (unpaired) electrons. The highest BCUT2D eigenvalue weighted by Crippen LogP contribution is 2.43. The van der Waals surface area contributed by atoms with Gasteiger partial charge >= 0.3 is 5.97 Å². The molecule has 2 nitrogen and oxygen atoms in total. The minimum absolute atomic E-state index is 0.232. The Morgan fingerprint density at radius 1 is 0.852 bits per heavy atom. The van der Waals surface area contributed by atoms with Crippen LogP contribution < -0.4 is 0 Å². The molecule has 3 aromatic rings. The summed E-state index contributed by atoms with van der Waals surface area (Å²) in [6, 6.07) is 27.1. The van der Waals surface area contributed by atoms with Crippen LogP contribution in [0.25, 0.3) is 0 Å². The van der Waals surface area contributed by atoms with Crippen LogP contribution in [0, 0.1) is 0 Å². The Morgan fingerprint density at radius 3 is 1.89 bits per heavy atom. The van der Waals surface area contributed by atoms with Crippen molar-refractivity contribution in [3.05, 3.63) is 107 Å². The van der Waals surface area contributed by atoms with Crippen LogP contribution >= 0.6 is 11.6 Å². The van der Waals surface area contributed by atoms with Crippen LogP contribution in [0.2, 0.25) is 5.02 Å². The van der Waals surface area contributed by atoms with Gasteiger partial charge in [-0.15, -0.1) is 0 Å².